The molecule has 0 fully saturated rings. The third kappa shape index (κ3) is 7.88. The Hall–Kier alpha value is -3.85. The summed E-state index contributed by atoms with van der Waals surface area (Å²) in [6, 6.07) is 20.0. The Labute approximate surface area is 242 Å². The van der Waals surface area contributed by atoms with Crippen LogP contribution in [0.25, 0.3) is 0 Å². The number of nitrogens with one attached hydrogen (secondary N) is 1. The Bertz CT molecular complexity index is 1500. The van der Waals surface area contributed by atoms with Crippen molar-refractivity contribution in [3.05, 3.63) is 95.4 Å². The van der Waals surface area contributed by atoms with Gasteiger partial charge in [0.1, 0.15) is 11.4 Å². The number of nitrogens with zero attached hydrogens (tertiary/aromatic N) is 1. The first-order valence-corrected chi connectivity index (χ1v) is 15.4. The summed E-state index contributed by atoms with van der Waals surface area (Å²) in [4.78, 5) is 17.2. The number of rotatable bonds is 12. The number of hydrogen-bond acceptors (Lipinski definition) is 7. The van der Waals surface area contributed by atoms with E-state index >= 15 is 0 Å². The van der Waals surface area contributed by atoms with Crippen molar-refractivity contribution in [2.24, 2.45) is 5.41 Å². The standard InChI is InChI=1S/C32H39N3O5S/c1-4-16-32(17-15-23-9-6-5-7-10-23)21-28(36)27(30(37)40-32)20-31(2,3)19-24-11-8-12-26(18-24)35-41(38,39)29-14-13-25(33)22-34-29/h5-14,18,22,35-36H,4,15-17,19-21,33H2,1-3H3/t32-/m0/s1. The average Bonchev–Trinajstić information content (AvgIpc) is 2.90. The molecule has 4 N–H and O–H groups in total. The molecule has 1 atom stereocenters. The van der Waals surface area contributed by atoms with Gasteiger partial charge in [0, 0.05) is 12.1 Å². The number of sulfonamides is 1. The maximum atomic E-state index is 13.3. The van der Waals surface area contributed by atoms with Gasteiger partial charge < -0.3 is 15.6 Å². The van der Waals surface area contributed by atoms with E-state index in [0.717, 1.165) is 18.4 Å². The molecule has 4 rings (SSSR count). The average molecular weight is 578 g/mol. The van der Waals surface area contributed by atoms with Crippen molar-refractivity contribution in [1.29, 1.82) is 0 Å². The molecule has 218 valence electrons. The molecule has 8 nitrogen and oxygen atoms in total. The van der Waals surface area contributed by atoms with Gasteiger partial charge in [-0.15, -0.1) is 0 Å². The molecule has 0 amide bonds. The van der Waals surface area contributed by atoms with E-state index in [-0.39, 0.29) is 10.8 Å². The zero-order valence-electron chi connectivity index (χ0n) is 23.9. The van der Waals surface area contributed by atoms with Crippen LogP contribution in [0.3, 0.4) is 0 Å². The maximum absolute atomic E-state index is 13.3. The summed E-state index contributed by atoms with van der Waals surface area (Å²) in [5.41, 5.74) is 7.62. The second-order valence-corrected chi connectivity index (χ2v) is 13.3. The molecular formula is C32H39N3O5S. The van der Waals surface area contributed by atoms with E-state index in [1.54, 1.807) is 18.2 Å². The van der Waals surface area contributed by atoms with E-state index in [9.17, 15) is 18.3 Å². The molecule has 2 heterocycles. The van der Waals surface area contributed by atoms with Crippen molar-refractivity contribution in [2.45, 2.75) is 76.3 Å². The highest BCUT2D eigenvalue weighted by molar-refractivity contribution is 7.92. The smallest absolute Gasteiger partial charge is 0.337 e. The number of esters is 1. The monoisotopic (exact) mass is 577 g/mol. The molecule has 0 bridgehead atoms. The van der Waals surface area contributed by atoms with E-state index in [0.29, 0.717) is 49.1 Å². The van der Waals surface area contributed by atoms with Crippen LogP contribution >= 0.6 is 0 Å². The lowest BCUT2D eigenvalue weighted by Crippen LogP contribution is -2.41. The summed E-state index contributed by atoms with van der Waals surface area (Å²) in [7, 11) is -3.88. The van der Waals surface area contributed by atoms with Gasteiger partial charge in [0.05, 0.1) is 17.5 Å². The van der Waals surface area contributed by atoms with Gasteiger partial charge in [0.15, 0.2) is 5.03 Å². The van der Waals surface area contributed by atoms with Crippen molar-refractivity contribution in [1.82, 2.24) is 4.98 Å². The summed E-state index contributed by atoms with van der Waals surface area (Å²) < 4.78 is 34.2. The number of pyridine rings is 1. The maximum Gasteiger partial charge on any atom is 0.337 e. The number of carbonyl (C=O) groups excluding carboxylic acids is 1. The van der Waals surface area contributed by atoms with E-state index < -0.39 is 27.0 Å². The molecule has 0 saturated carbocycles. The molecule has 0 aliphatic carbocycles. The first-order chi connectivity index (χ1) is 19.4. The van der Waals surface area contributed by atoms with E-state index in [4.69, 9.17) is 10.5 Å². The highest BCUT2D eigenvalue weighted by Crippen LogP contribution is 2.41. The summed E-state index contributed by atoms with van der Waals surface area (Å²) in [5.74, 6) is -0.353. The molecule has 0 saturated heterocycles. The number of hydrogen-bond donors (Lipinski definition) is 3. The highest BCUT2D eigenvalue weighted by atomic mass is 32.2. The number of anilines is 2. The lowest BCUT2D eigenvalue weighted by atomic mass is 9.77. The number of aliphatic hydroxyl groups excluding tert-OH is 1. The van der Waals surface area contributed by atoms with Crippen LogP contribution in [0.4, 0.5) is 11.4 Å². The Morgan fingerprint density at radius 3 is 2.41 bits per heavy atom. The summed E-state index contributed by atoms with van der Waals surface area (Å²) in [6.07, 6.45) is 5.39. The summed E-state index contributed by atoms with van der Waals surface area (Å²) in [5, 5.41) is 11.0. The van der Waals surface area contributed by atoms with Crippen molar-refractivity contribution >= 4 is 27.4 Å². The third-order valence-electron chi connectivity index (χ3n) is 7.36. The topological polar surface area (TPSA) is 132 Å². The predicted molar refractivity (Wildman–Crippen MR) is 161 cm³/mol. The lowest BCUT2D eigenvalue weighted by Gasteiger charge is -2.38. The van der Waals surface area contributed by atoms with Gasteiger partial charge in [-0.3, -0.25) is 4.72 Å². The molecule has 41 heavy (non-hydrogen) atoms. The molecule has 1 aliphatic heterocycles. The number of nitrogen functional groups attached to an aromatic ring is 1. The van der Waals surface area contributed by atoms with Crippen LogP contribution in [0.2, 0.25) is 0 Å². The minimum atomic E-state index is -3.88. The summed E-state index contributed by atoms with van der Waals surface area (Å²) in [6.45, 7) is 6.08. The lowest BCUT2D eigenvalue weighted by molar-refractivity contribution is -0.161. The molecule has 0 spiro atoms. The van der Waals surface area contributed by atoms with Gasteiger partial charge in [0.2, 0.25) is 0 Å². The normalized spacial score (nSPS) is 17.8. The van der Waals surface area contributed by atoms with Crippen LogP contribution in [0.15, 0.2) is 89.3 Å². The number of nitrogens with two attached hydrogens (primary N) is 1. The van der Waals surface area contributed by atoms with Crippen molar-refractivity contribution in [3.8, 4) is 0 Å². The highest BCUT2D eigenvalue weighted by Gasteiger charge is 2.42. The number of carbonyl (C=O) groups is 1. The zero-order valence-corrected chi connectivity index (χ0v) is 24.7. The van der Waals surface area contributed by atoms with Crippen LogP contribution in [-0.4, -0.2) is 30.1 Å². The molecule has 1 aliphatic rings. The van der Waals surface area contributed by atoms with E-state index in [2.05, 4.69) is 28.8 Å². The van der Waals surface area contributed by atoms with Crippen molar-refractivity contribution in [2.75, 3.05) is 10.5 Å². The SMILES string of the molecule is CCC[C@]1(CCc2ccccc2)CC(O)=C(CC(C)(C)Cc2cccc(NS(=O)(=O)c3ccc(N)cn3)c2)C(=O)O1. The molecule has 1 aromatic heterocycles. The Morgan fingerprint density at radius 1 is 1.02 bits per heavy atom. The zero-order chi connectivity index (χ0) is 29.7. The number of benzene rings is 2. The minimum Gasteiger partial charge on any atom is -0.512 e. The molecule has 0 radical (unpaired) electrons. The number of aliphatic hydroxyl groups is 1. The van der Waals surface area contributed by atoms with Crippen LogP contribution in [0.1, 0.15) is 64.0 Å². The number of cyclic esters (lactones) is 1. The second-order valence-electron chi connectivity index (χ2n) is 11.7. The Morgan fingerprint density at radius 2 is 1.76 bits per heavy atom. The van der Waals surface area contributed by atoms with Gasteiger partial charge >= 0.3 is 5.97 Å². The Kier molecular flexibility index (Phi) is 9.07. The fourth-order valence-corrected chi connectivity index (χ4v) is 6.45. The van der Waals surface area contributed by atoms with Crippen molar-refractivity contribution in [3.63, 3.8) is 0 Å². The van der Waals surface area contributed by atoms with E-state index in [1.807, 2.05) is 38.1 Å². The largest absolute Gasteiger partial charge is 0.512 e. The minimum absolute atomic E-state index is 0.105. The van der Waals surface area contributed by atoms with E-state index in [1.165, 1.54) is 23.9 Å². The van der Waals surface area contributed by atoms with Crippen molar-refractivity contribution < 1.29 is 23.1 Å². The van der Waals surface area contributed by atoms with Crippen LogP contribution in [0, 0.1) is 5.41 Å². The summed E-state index contributed by atoms with van der Waals surface area (Å²) >= 11 is 0. The number of ether oxygens (including phenoxy) is 1. The van der Waals surface area contributed by atoms with Gasteiger partial charge in [-0.2, -0.15) is 8.42 Å². The van der Waals surface area contributed by atoms with Gasteiger partial charge in [-0.25, -0.2) is 9.78 Å². The number of aromatic nitrogens is 1. The van der Waals surface area contributed by atoms with Gasteiger partial charge in [0.25, 0.3) is 10.0 Å². The fraction of sp³-hybridized carbons (Fsp3) is 0.375. The van der Waals surface area contributed by atoms with Gasteiger partial charge in [-0.05, 0) is 72.9 Å². The molecule has 9 heteroatoms. The molecule has 0 unspecified atom stereocenters. The molecular weight excluding hydrogens is 538 g/mol. The predicted octanol–water partition coefficient (Wildman–Crippen LogP) is 6.35. The van der Waals surface area contributed by atoms with Gasteiger partial charge in [-0.1, -0.05) is 69.7 Å². The molecule has 2 aromatic carbocycles. The second kappa shape index (κ2) is 12.3. The quantitative estimate of drug-likeness (QED) is 0.214. The first kappa shape index (κ1) is 30.1. The van der Waals surface area contributed by atoms with Crippen LogP contribution in [0.5, 0.6) is 0 Å². The fourth-order valence-electron chi connectivity index (χ4n) is 5.47. The van der Waals surface area contributed by atoms with Crippen LogP contribution < -0.4 is 10.5 Å². The Balaban J connectivity index is 1.45. The first-order valence-electron chi connectivity index (χ1n) is 13.9. The number of aryl methyl sites for hydroxylation is 1. The third-order valence-corrected chi connectivity index (χ3v) is 8.66. The van der Waals surface area contributed by atoms with Crippen LogP contribution in [-0.2, 0) is 32.4 Å². The molecule has 3 aromatic rings.